The maximum Gasteiger partial charge on any atom is 0.226 e. The molecule has 2 saturated heterocycles. The van der Waals surface area contributed by atoms with Crippen LogP contribution in [0.3, 0.4) is 0 Å². The van der Waals surface area contributed by atoms with Gasteiger partial charge in [0.25, 0.3) is 0 Å². The molecule has 0 aliphatic carbocycles. The third kappa shape index (κ3) is 5.31. The monoisotopic (exact) mass is 424 g/mol. The molecule has 2 aliphatic heterocycles. The Kier molecular flexibility index (Phi) is 6.97. The van der Waals surface area contributed by atoms with E-state index in [1.54, 1.807) is 6.07 Å². The number of hydrogen-bond donors (Lipinski definition) is 2. The number of carbonyl (C=O) groups excluding carboxylic acids is 1. The molecular formula is C25H34N3O3+. The lowest BCUT2D eigenvalue weighted by Gasteiger charge is -2.39. The molecule has 0 unspecified atom stereocenters. The minimum Gasteiger partial charge on any atom is -0.508 e. The molecule has 2 aromatic carbocycles. The Morgan fingerprint density at radius 3 is 2.52 bits per heavy atom. The number of phenolic OH excluding ortho intramolecular Hbond substituents is 1. The van der Waals surface area contributed by atoms with Crippen molar-refractivity contribution in [2.45, 2.75) is 26.3 Å². The van der Waals surface area contributed by atoms with Gasteiger partial charge in [-0.3, -0.25) is 4.79 Å². The first-order valence-electron chi connectivity index (χ1n) is 11.5. The second-order valence-electron chi connectivity index (χ2n) is 8.58. The number of piperazine rings is 1. The van der Waals surface area contributed by atoms with Crippen molar-refractivity contribution in [1.82, 2.24) is 4.90 Å². The molecule has 0 spiro atoms. The van der Waals surface area contributed by atoms with Crippen molar-refractivity contribution >= 4 is 11.6 Å². The Morgan fingerprint density at radius 1 is 1.06 bits per heavy atom. The molecular weight excluding hydrogens is 390 g/mol. The van der Waals surface area contributed by atoms with Gasteiger partial charge in [-0.1, -0.05) is 24.3 Å². The van der Waals surface area contributed by atoms with Crippen molar-refractivity contribution in [3.63, 3.8) is 0 Å². The van der Waals surface area contributed by atoms with Crippen LogP contribution in [0.5, 0.6) is 11.5 Å². The van der Waals surface area contributed by atoms with Gasteiger partial charge in [-0.15, -0.1) is 0 Å². The van der Waals surface area contributed by atoms with Crippen LogP contribution in [-0.4, -0.2) is 61.8 Å². The predicted octanol–water partition coefficient (Wildman–Crippen LogP) is 1.93. The number of quaternary nitrogens is 1. The van der Waals surface area contributed by atoms with Gasteiger partial charge in [-0.2, -0.15) is 0 Å². The molecule has 166 valence electrons. The summed E-state index contributed by atoms with van der Waals surface area (Å²) < 4.78 is 5.78. The number of likely N-dealkylation sites (tertiary alicyclic amines) is 1. The van der Waals surface area contributed by atoms with Crippen molar-refractivity contribution in [1.29, 1.82) is 0 Å². The summed E-state index contributed by atoms with van der Waals surface area (Å²) in [5, 5.41) is 9.67. The summed E-state index contributed by atoms with van der Waals surface area (Å²) in [6.45, 7) is 8.82. The van der Waals surface area contributed by atoms with Crippen molar-refractivity contribution in [2.24, 2.45) is 5.92 Å². The number of ether oxygens (including phenoxy) is 1. The molecule has 0 saturated carbocycles. The minimum absolute atomic E-state index is 0.148. The van der Waals surface area contributed by atoms with Crippen molar-refractivity contribution in [3.8, 4) is 11.5 Å². The number of para-hydroxylation sites is 2. The predicted molar refractivity (Wildman–Crippen MR) is 122 cm³/mol. The smallest absolute Gasteiger partial charge is 0.226 e. The van der Waals surface area contributed by atoms with Gasteiger partial charge < -0.3 is 24.5 Å². The fourth-order valence-corrected chi connectivity index (χ4v) is 4.83. The summed E-state index contributed by atoms with van der Waals surface area (Å²) in [4.78, 5) is 19.0. The molecule has 2 fully saturated rings. The number of anilines is 1. The summed E-state index contributed by atoms with van der Waals surface area (Å²) in [7, 11) is 0. The summed E-state index contributed by atoms with van der Waals surface area (Å²) >= 11 is 0. The van der Waals surface area contributed by atoms with E-state index in [0.717, 1.165) is 75.7 Å². The fraction of sp³-hybridized carbons (Fsp3) is 0.480. The molecule has 0 aromatic heterocycles. The zero-order valence-corrected chi connectivity index (χ0v) is 18.4. The highest BCUT2D eigenvalue weighted by Crippen LogP contribution is 2.29. The van der Waals surface area contributed by atoms with Crippen LogP contribution in [0.1, 0.15) is 25.3 Å². The first-order valence-corrected chi connectivity index (χ1v) is 11.5. The summed E-state index contributed by atoms with van der Waals surface area (Å²) in [5.41, 5.74) is 2.28. The molecule has 1 amide bonds. The largest absolute Gasteiger partial charge is 0.508 e. The van der Waals surface area contributed by atoms with Gasteiger partial charge in [0.1, 0.15) is 18.0 Å². The topological polar surface area (TPSA) is 57.5 Å². The van der Waals surface area contributed by atoms with Gasteiger partial charge in [0, 0.05) is 50.5 Å². The normalized spacial score (nSPS) is 21.7. The highest BCUT2D eigenvalue weighted by Gasteiger charge is 2.32. The zero-order valence-electron chi connectivity index (χ0n) is 18.4. The highest BCUT2D eigenvalue weighted by molar-refractivity contribution is 5.79. The summed E-state index contributed by atoms with van der Waals surface area (Å²) in [5.74, 6) is 1.72. The quantitative estimate of drug-likeness (QED) is 0.744. The first kappa shape index (κ1) is 21.5. The Hall–Kier alpha value is -2.73. The van der Waals surface area contributed by atoms with Gasteiger partial charge >= 0.3 is 0 Å². The van der Waals surface area contributed by atoms with Crippen molar-refractivity contribution < 1.29 is 19.5 Å². The summed E-state index contributed by atoms with van der Waals surface area (Å²) in [6.07, 6.45) is 1.89. The maximum absolute atomic E-state index is 13.1. The lowest BCUT2D eigenvalue weighted by atomic mass is 9.94. The van der Waals surface area contributed by atoms with E-state index in [2.05, 4.69) is 21.9 Å². The van der Waals surface area contributed by atoms with Gasteiger partial charge in [0.15, 0.2) is 0 Å². The SMILES string of the molecule is CCOc1ccccc1N1CCN(C(=O)C2CC[NH+](Cc3cccc(O)c3)CC2)CC1. The number of aromatic hydroxyl groups is 1. The maximum atomic E-state index is 13.1. The fourth-order valence-electron chi connectivity index (χ4n) is 4.83. The molecule has 0 radical (unpaired) electrons. The molecule has 6 nitrogen and oxygen atoms in total. The van der Waals surface area contributed by atoms with Crippen LogP contribution in [-0.2, 0) is 11.3 Å². The van der Waals surface area contributed by atoms with E-state index in [0.29, 0.717) is 18.3 Å². The van der Waals surface area contributed by atoms with Crippen molar-refractivity contribution in [3.05, 3.63) is 54.1 Å². The van der Waals surface area contributed by atoms with Crippen LogP contribution < -0.4 is 14.5 Å². The second-order valence-corrected chi connectivity index (χ2v) is 8.58. The van der Waals surface area contributed by atoms with Crippen LogP contribution in [0, 0.1) is 5.92 Å². The molecule has 2 N–H and O–H groups in total. The van der Waals surface area contributed by atoms with Crippen LogP contribution in [0.2, 0.25) is 0 Å². The van der Waals surface area contributed by atoms with E-state index in [-0.39, 0.29) is 5.92 Å². The lowest BCUT2D eigenvalue weighted by Crippen LogP contribution is -3.11. The minimum atomic E-state index is 0.148. The first-order chi connectivity index (χ1) is 15.1. The van der Waals surface area contributed by atoms with E-state index >= 15 is 0 Å². The number of phenols is 1. The Bertz CT molecular complexity index is 872. The number of nitrogens with zero attached hydrogens (tertiary/aromatic N) is 2. The molecule has 0 bridgehead atoms. The number of benzene rings is 2. The van der Waals surface area contributed by atoms with Crippen molar-refractivity contribution in [2.75, 3.05) is 50.8 Å². The van der Waals surface area contributed by atoms with Gasteiger partial charge in [0.2, 0.25) is 5.91 Å². The number of hydrogen-bond acceptors (Lipinski definition) is 4. The number of carbonyl (C=O) groups is 1. The van der Waals surface area contributed by atoms with Gasteiger partial charge in [-0.25, -0.2) is 0 Å². The third-order valence-corrected chi connectivity index (χ3v) is 6.50. The summed E-state index contributed by atoms with van der Waals surface area (Å²) in [6, 6.07) is 15.7. The molecule has 0 atom stereocenters. The lowest BCUT2D eigenvalue weighted by molar-refractivity contribution is -0.919. The number of piperidine rings is 1. The number of nitrogens with one attached hydrogen (secondary N) is 1. The molecule has 4 rings (SSSR count). The average Bonchev–Trinajstić information content (AvgIpc) is 2.80. The van der Waals surface area contributed by atoms with Crippen LogP contribution in [0.15, 0.2) is 48.5 Å². The molecule has 31 heavy (non-hydrogen) atoms. The number of amides is 1. The third-order valence-electron chi connectivity index (χ3n) is 6.50. The van der Waals surface area contributed by atoms with E-state index in [1.807, 2.05) is 37.3 Å². The Morgan fingerprint density at radius 2 is 1.81 bits per heavy atom. The molecule has 6 heteroatoms. The molecule has 2 heterocycles. The Balaban J connectivity index is 1.26. The van der Waals surface area contributed by atoms with E-state index in [4.69, 9.17) is 4.74 Å². The second kappa shape index (κ2) is 10.1. The molecule has 2 aliphatic rings. The Labute approximate surface area is 185 Å². The van der Waals surface area contributed by atoms with Crippen LogP contribution >= 0.6 is 0 Å². The molecule has 2 aromatic rings. The zero-order chi connectivity index (χ0) is 21.6. The van der Waals surface area contributed by atoms with Crippen LogP contribution in [0.4, 0.5) is 5.69 Å². The van der Waals surface area contributed by atoms with Crippen LogP contribution in [0.25, 0.3) is 0 Å². The van der Waals surface area contributed by atoms with Gasteiger partial charge in [0.05, 0.1) is 25.4 Å². The standard InChI is InChI=1S/C25H33N3O3/c1-2-31-24-9-4-3-8-23(24)27-14-16-28(17-15-27)25(30)21-10-12-26(13-11-21)19-20-6-5-7-22(29)18-20/h3-9,18,21,29H,2,10-17,19H2,1H3/p+1. The highest BCUT2D eigenvalue weighted by atomic mass is 16.5. The van der Waals surface area contributed by atoms with E-state index in [1.165, 1.54) is 4.90 Å². The van der Waals surface area contributed by atoms with Gasteiger partial charge in [-0.05, 0) is 31.2 Å². The average molecular weight is 425 g/mol. The number of rotatable bonds is 6. The van der Waals surface area contributed by atoms with E-state index < -0.39 is 0 Å². The van der Waals surface area contributed by atoms with E-state index in [9.17, 15) is 9.90 Å².